The van der Waals surface area contributed by atoms with Crippen LogP contribution in [0.3, 0.4) is 0 Å². The number of benzene rings is 10. The molecule has 6 aromatic heterocycles. The van der Waals surface area contributed by atoms with E-state index in [0.717, 1.165) is 77.9 Å². The maximum Gasteiger partial charge on any atom is 0.433 e. The van der Waals surface area contributed by atoms with Gasteiger partial charge in [0, 0.05) is 44.3 Å². The summed E-state index contributed by atoms with van der Waals surface area (Å²) in [5.41, 5.74) is 13.5. The lowest BCUT2D eigenvalue weighted by Gasteiger charge is -2.18. The van der Waals surface area contributed by atoms with E-state index in [4.69, 9.17) is 28.5 Å². The zero-order chi connectivity index (χ0) is 86.1. The van der Waals surface area contributed by atoms with Crippen molar-refractivity contribution in [3.05, 3.63) is 405 Å². The molecule has 0 fully saturated rings. The number of methoxy groups -OCH3 is 1. The average molecular weight is 1630 g/mol. The van der Waals surface area contributed by atoms with Crippen LogP contribution in [0.1, 0.15) is 137 Å². The minimum absolute atomic E-state index is 0.0567. The molecule has 600 valence electrons. The van der Waals surface area contributed by atoms with E-state index in [1.54, 1.807) is 103 Å². The summed E-state index contributed by atoms with van der Waals surface area (Å²) in [6, 6.07) is 75.7. The van der Waals surface area contributed by atoms with Gasteiger partial charge in [0.15, 0.2) is 0 Å². The van der Waals surface area contributed by atoms with Gasteiger partial charge in [-0.05, 0) is 264 Å². The fourth-order valence-corrected chi connectivity index (χ4v) is 14.2. The summed E-state index contributed by atoms with van der Waals surface area (Å²) in [5.74, 6) is 21.1. The predicted molar refractivity (Wildman–Crippen MR) is 483 cm³/mol. The molecule has 0 aliphatic rings. The number of aromatic nitrogens is 6. The molecular formula is C100H77N9O12S. The SMILES string of the molecule is COc1ccc2cc(C#Cc3ccc(-n4c(/C=C/c5ccc([N+](=O)[O-])o5)nc5ccccc5c4=O)c(C)c3)ccc2c1.Cc1cc(C#Cc2ccc(C(C)(C)C)cc2)ccc1-n1c(/C=C/c2ccc([N+](=O)[O-])o2)nc2ccccc2c1=O.Cc1cc(C#Cc2ccc(C(C)(C)C)cc2)ccc1-n1c(/C=C/c2ccc([N+](=O)[O-])s2)nc2ccccc2c1=O. The second-order valence-electron chi connectivity index (χ2n) is 30.5. The molecule has 0 unspecified atom stereocenters. The second kappa shape index (κ2) is 35.5. The summed E-state index contributed by atoms with van der Waals surface area (Å²) in [4.78, 5) is 87.3. The number of hydrogen-bond acceptors (Lipinski definition) is 16. The molecule has 0 atom stereocenters. The molecule has 21 nitrogen and oxygen atoms in total. The van der Waals surface area contributed by atoms with Crippen LogP contribution in [-0.2, 0) is 10.8 Å². The van der Waals surface area contributed by atoms with Crippen molar-refractivity contribution in [2.75, 3.05) is 7.11 Å². The van der Waals surface area contributed by atoms with Crippen molar-refractivity contribution in [3.8, 4) is 58.3 Å². The third-order valence-electron chi connectivity index (χ3n) is 19.9. The molecule has 0 amide bonds. The molecule has 0 bridgehead atoms. The maximum atomic E-state index is 13.7. The minimum atomic E-state index is -0.604. The summed E-state index contributed by atoms with van der Waals surface area (Å²) >= 11 is 1.06. The quantitative estimate of drug-likeness (QED) is 0.0590. The summed E-state index contributed by atoms with van der Waals surface area (Å²) in [6.45, 7) is 18.9. The molecule has 0 spiro atoms. The van der Waals surface area contributed by atoms with Gasteiger partial charge in [0.05, 0.1) is 73.9 Å². The lowest BCUT2D eigenvalue weighted by molar-refractivity contribution is -0.402. The molecule has 22 heteroatoms. The molecule has 0 saturated heterocycles. The number of thiophene rings is 1. The van der Waals surface area contributed by atoms with Gasteiger partial charge < -0.3 is 13.6 Å². The van der Waals surface area contributed by atoms with E-state index in [0.29, 0.717) is 72.1 Å². The first kappa shape index (κ1) is 82.6. The molecule has 0 N–H and O–H groups in total. The Kier molecular flexibility index (Phi) is 24.0. The van der Waals surface area contributed by atoms with Crippen LogP contribution in [0.25, 0.3) is 97.0 Å². The summed E-state index contributed by atoms with van der Waals surface area (Å²) < 4.78 is 20.4. The molecule has 0 radical (unpaired) electrons. The fourth-order valence-electron chi connectivity index (χ4n) is 13.5. The minimum Gasteiger partial charge on any atom is -0.497 e. The Morgan fingerprint density at radius 1 is 0.377 bits per heavy atom. The Labute approximate surface area is 704 Å². The number of nitro groups is 3. The number of hydrogen-bond donors (Lipinski definition) is 0. The van der Waals surface area contributed by atoms with Crippen molar-refractivity contribution in [2.45, 2.75) is 73.1 Å². The Morgan fingerprint density at radius 2 is 0.721 bits per heavy atom. The zero-order valence-corrected chi connectivity index (χ0v) is 68.8. The first-order valence-electron chi connectivity index (χ1n) is 38.6. The lowest BCUT2D eigenvalue weighted by atomic mass is 9.87. The molecular weight excluding hydrogens is 1550 g/mol. The molecule has 0 aliphatic heterocycles. The Morgan fingerprint density at radius 3 is 1.07 bits per heavy atom. The van der Waals surface area contributed by atoms with Crippen molar-refractivity contribution in [2.24, 2.45) is 0 Å². The molecule has 16 aromatic rings. The first-order chi connectivity index (χ1) is 58.6. The van der Waals surface area contributed by atoms with Crippen LogP contribution in [0.15, 0.2) is 272 Å². The highest BCUT2D eigenvalue weighted by molar-refractivity contribution is 7.16. The highest BCUT2D eigenvalue weighted by Crippen LogP contribution is 2.31. The van der Waals surface area contributed by atoms with Crippen molar-refractivity contribution in [1.82, 2.24) is 28.7 Å². The van der Waals surface area contributed by atoms with E-state index >= 15 is 0 Å². The van der Waals surface area contributed by atoms with Gasteiger partial charge in [0.2, 0.25) is 0 Å². The third-order valence-corrected chi connectivity index (χ3v) is 20.9. The molecule has 6 heterocycles. The van der Waals surface area contributed by atoms with Gasteiger partial charge >= 0.3 is 16.8 Å². The van der Waals surface area contributed by atoms with Crippen LogP contribution < -0.4 is 21.4 Å². The van der Waals surface area contributed by atoms with E-state index in [1.165, 1.54) is 50.6 Å². The number of para-hydroxylation sites is 3. The highest BCUT2D eigenvalue weighted by atomic mass is 32.1. The van der Waals surface area contributed by atoms with Crippen LogP contribution in [0.2, 0.25) is 0 Å². The number of furan rings is 2. The van der Waals surface area contributed by atoms with E-state index < -0.39 is 14.8 Å². The normalized spacial score (nSPS) is 11.4. The molecule has 0 saturated carbocycles. The summed E-state index contributed by atoms with van der Waals surface area (Å²) in [5, 5.41) is 36.7. The average Bonchev–Trinajstić information content (AvgIpc) is 0.924. The Hall–Kier alpha value is -16.0. The standard InChI is InChI=1S/C34H23N3O5.C33H27N3O4.C33H27N3O3S/c1-22-19-23(7-8-24-9-11-26-21-28(41-2)13-12-25(26)20-24)10-16-31(22)36-32(17-14-27-15-18-33(42-27)37(39)40)35-30-6-4-3-5-29(30)34(36)38;2*1-22-21-24(10-9-23-11-14-25(15-12-23)33(2,3)4)13-18-29(22)35-30(19-16-26-17-20-31(40-26)36(38)39)34-28-8-6-5-7-27(28)32(35)37/h3-6,9-21H,1-2H3;2*5-8,11-21H,1-4H3/b17-14+;2*19-16+. The van der Waals surface area contributed by atoms with Gasteiger partial charge in [-0.3, -0.25) is 58.4 Å². The molecule has 122 heavy (non-hydrogen) atoms. The Balaban J connectivity index is 0.000000149. The number of rotatable bonds is 13. The molecule has 16 rings (SSSR count). The molecule has 0 aliphatic carbocycles. The maximum absolute atomic E-state index is 13.7. The lowest BCUT2D eigenvalue weighted by Crippen LogP contribution is -2.23. The van der Waals surface area contributed by atoms with Crippen molar-refractivity contribution in [1.29, 1.82) is 0 Å². The van der Waals surface area contributed by atoms with Gasteiger partial charge in [0.1, 0.15) is 44.6 Å². The van der Waals surface area contributed by atoms with E-state index in [9.17, 15) is 44.7 Å². The fraction of sp³-hybridized carbons (Fsp3) is 0.120. The number of nitrogens with zero attached hydrogens (tertiary/aromatic N) is 9. The van der Waals surface area contributed by atoms with Gasteiger partial charge in [-0.25, -0.2) is 15.0 Å². The van der Waals surface area contributed by atoms with Gasteiger partial charge in [0.25, 0.3) is 16.7 Å². The van der Waals surface area contributed by atoms with Crippen molar-refractivity contribution < 1.29 is 28.3 Å². The van der Waals surface area contributed by atoms with Crippen LogP contribution >= 0.6 is 11.3 Å². The topological polar surface area (TPSA) is 270 Å². The highest BCUT2D eigenvalue weighted by Gasteiger charge is 2.21. The van der Waals surface area contributed by atoms with Crippen LogP contribution in [0, 0.1) is 86.6 Å². The molecule has 10 aromatic carbocycles. The van der Waals surface area contributed by atoms with E-state index in [-0.39, 0.29) is 55.8 Å². The van der Waals surface area contributed by atoms with Crippen LogP contribution in [-0.4, -0.2) is 50.5 Å². The predicted octanol–water partition coefficient (Wildman–Crippen LogP) is 21.5. The van der Waals surface area contributed by atoms with Crippen LogP contribution in [0.4, 0.5) is 16.8 Å². The number of fused-ring (bicyclic) bond motifs is 4. The van der Waals surface area contributed by atoms with Gasteiger partial charge in [-0.2, -0.15) is 0 Å². The largest absolute Gasteiger partial charge is 0.497 e. The number of aryl methyl sites for hydroxylation is 3. The Bertz CT molecular complexity index is 7050. The summed E-state index contributed by atoms with van der Waals surface area (Å²) in [7, 11) is 1.65. The van der Waals surface area contributed by atoms with E-state index in [2.05, 4.69) is 101 Å². The monoisotopic (exact) mass is 1630 g/mol. The number of ether oxygens (including phenoxy) is 1. The first-order valence-corrected chi connectivity index (χ1v) is 39.4. The smallest absolute Gasteiger partial charge is 0.433 e. The second-order valence-corrected chi connectivity index (χ2v) is 31.6. The van der Waals surface area contributed by atoms with Crippen molar-refractivity contribution in [3.63, 3.8) is 0 Å². The zero-order valence-electron chi connectivity index (χ0n) is 68.0. The third kappa shape index (κ3) is 19.0. The summed E-state index contributed by atoms with van der Waals surface area (Å²) in [6.07, 6.45) is 9.79. The van der Waals surface area contributed by atoms with Gasteiger partial charge in [-0.1, -0.05) is 161 Å². The van der Waals surface area contributed by atoms with E-state index in [1.807, 2.05) is 160 Å². The van der Waals surface area contributed by atoms with Crippen molar-refractivity contribution >= 4 is 108 Å². The van der Waals surface area contributed by atoms with Gasteiger partial charge in [-0.15, -0.1) is 0 Å². The van der Waals surface area contributed by atoms with Crippen LogP contribution in [0.5, 0.6) is 5.75 Å².